The number of amides is 1. The van der Waals surface area contributed by atoms with E-state index in [1.807, 2.05) is 0 Å². The maximum Gasteiger partial charge on any atom is 0.573 e. The Morgan fingerprint density at radius 3 is 2.00 bits per heavy atom. The Bertz CT molecular complexity index is 566. The molecule has 5 nitrogen and oxygen atoms in total. The molecule has 0 fully saturated rings. The van der Waals surface area contributed by atoms with Crippen molar-refractivity contribution in [3.8, 4) is 5.75 Å². The third kappa shape index (κ3) is 6.45. The van der Waals surface area contributed by atoms with Crippen molar-refractivity contribution in [3.63, 3.8) is 0 Å². The lowest BCUT2D eigenvalue weighted by atomic mass is 10.0. The highest BCUT2D eigenvalue weighted by molar-refractivity contribution is 5.82. The van der Waals surface area contributed by atoms with Crippen LogP contribution < -0.4 is 10.1 Å². The number of carboxylic acid groups (broad SMARTS) is 1. The number of hydrogen-bond donors (Lipinski definition) is 2. The minimum atomic E-state index is -5.23. The molecule has 0 aliphatic heterocycles. The zero-order chi connectivity index (χ0) is 17.8. The first kappa shape index (κ1) is 18.6. The van der Waals surface area contributed by atoms with Gasteiger partial charge in [-0.2, -0.15) is 13.2 Å². The summed E-state index contributed by atoms with van der Waals surface area (Å²) in [5.41, 5.74) is -0.125. The van der Waals surface area contributed by atoms with Gasteiger partial charge in [0.2, 0.25) is 0 Å². The zero-order valence-electron chi connectivity index (χ0n) is 11.0. The number of nitrogens with one attached hydrogen (secondary N) is 1. The summed E-state index contributed by atoms with van der Waals surface area (Å²) in [5.74, 6) is -4.51. The molecule has 128 valence electrons. The summed E-state index contributed by atoms with van der Waals surface area (Å²) in [6, 6.07) is 1.85. The highest BCUT2D eigenvalue weighted by Crippen LogP contribution is 2.26. The molecule has 1 atom stereocenters. The van der Waals surface area contributed by atoms with Crippen LogP contribution in [0.15, 0.2) is 24.3 Å². The van der Waals surface area contributed by atoms with Crippen LogP contribution in [0.4, 0.5) is 26.3 Å². The average Bonchev–Trinajstić information content (AvgIpc) is 2.35. The largest absolute Gasteiger partial charge is 0.573 e. The first-order valence-corrected chi connectivity index (χ1v) is 5.83. The van der Waals surface area contributed by atoms with Crippen LogP contribution in [0.2, 0.25) is 0 Å². The molecule has 0 heterocycles. The Morgan fingerprint density at radius 1 is 1.09 bits per heavy atom. The van der Waals surface area contributed by atoms with E-state index in [2.05, 4.69) is 4.74 Å². The topological polar surface area (TPSA) is 75.6 Å². The van der Waals surface area contributed by atoms with E-state index in [0.717, 1.165) is 24.3 Å². The summed E-state index contributed by atoms with van der Waals surface area (Å²) in [4.78, 5) is 21.5. The summed E-state index contributed by atoms with van der Waals surface area (Å²) >= 11 is 0. The van der Waals surface area contributed by atoms with E-state index in [1.165, 1.54) is 5.32 Å². The number of aliphatic carboxylic acids is 1. The number of hydrogen-bond acceptors (Lipinski definition) is 3. The fourth-order valence-corrected chi connectivity index (χ4v) is 1.57. The molecule has 23 heavy (non-hydrogen) atoms. The molecule has 0 saturated carbocycles. The molecule has 1 amide bonds. The molecule has 1 aromatic rings. The van der Waals surface area contributed by atoms with E-state index in [1.54, 1.807) is 0 Å². The third-order valence-corrected chi connectivity index (χ3v) is 2.46. The lowest BCUT2D eigenvalue weighted by molar-refractivity contribution is -0.274. The van der Waals surface area contributed by atoms with Crippen LogP contribution >= 0.6 is 0 Å². The lowest BCUT2D eigenvalue weighted by Crippen LogP contribution is -2.39. The molecule has 1 aromatic carbocycles. The second-order valence-corrected chi connectivity index (χ2v) is 4.24. The number of rotatable bonds is 5. The van der Waals surface area contributed by atoms with Crippen molar-refractivity contribution >= 4 is 11.9 Å². The molecule has 0 saturated heterocycles. The van der Waals surface area contributed by atoms with Crippen LogP contribution in [0, 0.1) is 0 Å². The monoisotopic (exact) mass is 345 g/mol. The number of ether oxygens (including phenoxy) is 1. The SMILES string of the molecule is O=C(O)CC(NC(=O)C(F)(F)F)c1ccc(OC(F)(F)F)cc1. The van der Waals surface area contributed by atoms with Gasteiger partial charge in [-0.1, -0.05) is 12.1 Å². The van der Waals surface area contributed by atoms with E-state index >= 15 is 0 Å². The van der Waals surface area contributed by atoms with Crippen molar-refractivity contribution in [1.82, 2.24) is 5.32 Å². The van der Waals surface area contributed by atoms with Gasteiger partial charge in [0.1, 0.15) is 5.75 Å². The van der Waals surface area contributed by atoms with Crippen LogP contribution in [0.1, 0.15) is 18.0 Å². The lowest BCUT2D eigenvalue weighted by Gasteiger charge is -2.19. The van der Waals surface area contributed by atoms with E-state index < -0.39 is 42.6 Å². The van der Waals surface area contributed by atoms with Crippen molar-refractivity contribution in [3.05, 3.63) is 29.8 Å². The predicted octanol–water partition coefficient (Wildman–Crippen LogP) is 2.78. The van der Waals surface area contributed by atoms with Crippen molar-refractivity contribution in [2.75, 3.05) is 0 Å². The predicted molar refractivity (Wildman–Crippen MR) is 62.3 cm³/mol. The summed E-state index contributed by atoms with van der Waals surface area (Å²) in [5, 5.41) is 10.1. The van der Waals surface area contributed by atoms with Gasteiger partial charge >= 0.3 is 24.4 Å². The van der Waals surface area contributed by atoms with Crippen LogP contribution in [0.25, 0.3) is 0 Å². The zero-order valence-corrected chi connectivity index (χ0v) is 11.0. The van der Waals surface area contributed by atoms with Crippen molar-refractivity contribution < 1.29 is 45.8 Å². The fourth-order valence-electron chi connectivity index (χ4n) is 1.57. The average molecular weight is 345 g/mol. The minimum Gasteiger partial charge on any atom is -0.481 e. The number of carbonyl (C=O) groups is 2. The Morgan fingerprint density at radius 2 is 1.61 bits per heavy atom. The summed E-state index contributed by atoms with van der Waals surface area (Å²) in [6.07, 6.45) is -11.1. The van der Waals surface area contributed by atoms with E-state index in [4.69, 9.17) is 5.11 Å². The summed E-state index contributed by atoms with van der Waals surface area (Å²) in [7, 11) is 0. The quantitative estimate of drug-likeness (QED) is 0.805. The number of benzene rings is 1. The minimum absolute atomic E-state index is 0.125. The van der Waals surface area contributed by atoms with Crippen molar-refractivity contribution in [2.45, 2.75) is 25.0 Å². The van der Waals surface area contributed by atoms with Gasteiger partial charge in [0.15, 0.2) is 0 Å². The fraction of sp³-hybridized carbons (Fsp3) is 0.333. The van der Waals surface area contributed by atoms with Gasteiger partial charge in [-0.25, -0.2) is 0 Å². The second-order valence-electron chi connectivity index (χ2n) is 4.24. The molecular formula is C12H9F6NO4. The Labute approximate surface area is 124 Å². The normalized spacial score (nSPS) is 13.3. The molecule has 0 aromatic heterocycles. The van der Waals surface area contributed by atoms with Crippen LogP contribution in [-0.4, -0.2) is 29.5 Å². The molecule has 0 bridgehead atoms. The van der Waals surface area contributed by atoms with Gasteiger partial charge in [-0.3, -0.25) is 9.59 Å². The molecule has 0 aliphatic carbocycles. The third-order valence-electron chi connectivity index (χ3n) is 2.46. The standard InChI is InChI=1S/C12H9F6NO4/c13-11(14,15)10(22)19-8(5-9(20)21)6-1-3-7(4-2-6)23-12(16,17)18/h1-4,8H,5H2,(H,19,22)(H,20,21). The maximum atomic E-state index is 12.2. The van der Waals surface area contributed by atoms with Crippen LogP contribution in [0.5, 0.6) is 5.75 Å². The first-order valence-electron chi connectivity index (χ1n) is 5.83. The van der Waals surface area contributed by atoms with Gasteiger partial charge in [0.05, 0.1) is 12.5 Å². The van der Waals surface area contributed by atoms with Crippen molar-refractivity contribution in [2.24, 2.45) is 0 Å². The van der Waals surface area contributed by atoms with Gasteiger partial charge in [-0.15, -0.1) is 13.2 Å². The van der Waals surface area contributed by atoms with Gasteiger partial charge in [-0.05, 0) is 17.7 Å². The maximum absolute atomic E-state index is 12.2. The number of halogens is 6. The molecule has 0 aliphatic rings. The van der Waals surface area contributed by atoms with Gasteiger partial charge in [0.25, 0.3) is 0 Å². The van der Waals surface area contributed by atoms with E-state index in [9.17, 15) is 35.9 Å². The first-order chi connectivity index (χ1) is 10.4. The van der Waals surface area contributed by atoms with Crippen LogP contribution in [0.3, 0.4) is 0 Å². The van der Waals surface area contributed by atoms with Gasteiger partial charge in [0, 0.05) is 0 Å². The number of carbonyl (C=O) groups excluding carboxylic acids is 1. The van der Waals surface area contributed by atoms with E-state index in [-0.39, 0.29) is 5.56 Å². The number of alkyl halides is 6. The molecule has 0 spiro atoms. The second kappa shape index (κ2) is 6.75. The Hall–Kier alpha value is -2.46. The molecule has 1 rings (SSSR count). The molecule has 1 unspecified atom stereocenters. The number of carboxylic acids is 1. The Balaban J connectivity index is 2.95. The van der Waals surface area contributed by atoms with Crippen LogP contribution in [-0.2, 0) is 9.59 Å². The summed E-state index contributed by atoms with van der Waals surface area (Å²) < 4.78 is 76.2. The summed E-state index contributed by atoms with van der Waals surface area (Å²) in [6.45, 7) is 0. The molecule has 2 N–H and O–H groups in total. The highest BCUT2D eigenvalue weighted by atomic mass is 19.4. The van der Waals surface area contributed by atoms with Gasteiger partial charge < -0.3 is 15.2 Å². The highest BCUT2D eigenvalue weighted by Gasteiger charge is 2.40. The van der Waals surface area contributed by atoms with Crippen molar-refractivity contribution in [1.29, 1.82) is 0 Å². The molecule has 11 heteroatoms. The Kier molecular flexibility index (Phi) is 5.46. The molecular weight excluding hydrogens is 336 g/mol. The van der Waals surface area contributed by atoms with E-state index in [0.29, 0.717) is 0 Å². The smallest absolute Gasteiger partial charge is 0.481 e. The molecule has 0 radical (unpaired) electrons.